The van der Waals surface area contributed by atoms with Crippen LogP contribution in [-0.2, 0) is 22.7 Å². The number of H-pyrrole nitrogens is 2. The lowest BCUT2D eigenvalue weighted by molar-refractivity contribution is -0.136. The molecular weight excluding hydrogens is 748 g/mol. The van der Waals surface area contributed by atoms with Gasteiger partial charge in [-0.2, -0.15) is 23.4 Å². The predicted molar refractivity (Wildman–Crippen MR) is 204 cm³/mol. The Labute approximate surface area is 323 Å². The highest BCUT2D eigenvalue weighted by Gasteiger charge is 2.39. The zero-order valence-electron chi connectivity index (χ0n) is 31.3. The number of anilines is 2. The molecule has 0 bridgehead atoms. The third-order valence-corrected chi connectivity index (χ3v) is 10.9. The number of benzene rings is 3. The van der Waals surface area contributed by atoms with Gasteiger partial charge in [0.15, 0.2) is 0 Å². The van der Waals surface area contributed by atoms with E-state index in [9.17, 15) is 27.2 Å². The molecule has 6 aromatic rings. The smallest absolute Gasteiger partial charge is 0.417 e. The van der Waals surface area contributed by atoms with Crippen LogP contribution in [0.3, 0.4) is 0 Å². The average Bonchev–Trinajstić information content (AvgIpc) is 3.79. The van der Waals surface area contributed by atoms with Crippen LogP contribution in [0.1, 0.15) is 61.3 Å². The van der Waals surface area contributed by atoms with Gasteiger partial charge in [-0.15, -0.1) is 0 Å². The Kier molecular flexibility index (Phi) is 10.2. The molecule has 3 aromatic carbocycles. The van der Waals surface area contributed by atoms with Crippen LogP contribution >= 0.6 is 0 Å². The Balaban J connectivity index is 0.853. The van der Waals surface area contributed by atoms with Crippen molar-refractivity contribution in [3.63, 3.8) is 0 Å². The lowest BCUT2D eigenvalue weighted by Gasteiger charge is -2.34. The van der Waals surface area contributed by atoms with Crippen molar-refractivity contribution in [3.05, 3.63) is 116 Å². The SMILES string of the molecule is CC(OCCOCCOc1ccc([C@H]2Nc3cc(F)cc4c(=O)[nH]nc(c34)[C@@H]2c2ncnn2C)cc1)C1CC[C@H](C)N1c1ccc2[nH]c(=O)cc(C(F)(F)F)c2c1. The topological polar surface area (TPSA) is 152 Å². The van der Waals surface area contributed by atoms with Gasteiger partial charge in [0.25, 0.3) is 5.56 Å². The van der Waals surface area contributed by atoms with E-state index in [-0.39, 0.29) is 41.1 Å². The second kappa shape index (κ2) is 15.3. The summed E-state index contributed by atoms with van der Waals surface area (Å²) in [5, 5.41) is 15.3. The molecule has 0 spiro atoms. The van der Waals surface area contributed by atoms with Crippen LogP contribution in [0.25, 0.3) is 21.7 Å². The lowest BCUT2D eigenvalue weighted by atomic mass is 9.83. The van der Waals surface area contributed by atoms with Gasteiger partial charge in [-0.1, -0.05) is 12.1 Å². The molecule has 2 unspecified atom stereocenters. The maximum atomic E-state index is 14.6. The van der Waals surface area contributed by atoms with Crippen LogP contribution < -0.4 is 26.1 Å². The van der Waals surface area contributed by atoms with Gasteiger partial charge in [0.05, 0.1) is 60.6 Å². The minimum absolute atomic E-state index is 0.0510. The van der Waals surface area contributed by atoms with Gasteiger partial charge in [0.1, 0.15) is 30.3 Å². The van der Waals surface area contributed by atoms with Crippen molar-refractivity contribution in [3.8, 4) is 5.75 Å². The number of ether oxygens (including phenoxy) is 3. The van der Waals surface area contributed by atoms with Gasteiger partial charge in [0, 0.05) is 46.8 Å². The molecule has 0 aliphatic carbocycles. The molecule has 3 N–H and O–H groups in total. The molecule has 5 atom stereocenters. The van der Waals surface area contributed by atoms with E-state index in [1.807, 2.05) is 38.1 Å². The molecule has 5 heterocycles. The van der Waals surface area contributed by atoms with E-state index in [2.05, 4.69) is 35.5 Å². The fourth-order valence-electron chi connectivity index (χ4n) is 8.23. The van der Waals surface area contributed by atoms with Crippen molar-refractivity contribution in [2.75, 3.05) is 36.6 Å². The van der Waals surface area contributed by atoms with Gasteiger partial charge in [-0.3, -0.25) is 14.3 Å². The number of fused-ring (bicyclic) bond motifs is 1. The van der Waals surface area contributed by atoms with Crippen molar-refractivity contribution in [2.45, 2.75) is 63.0 Å². The van der Waals surface area contributed by atoms with Crippen LogP contribution in [0.5, 0.6) is 5.75 Å². The van der Waals surface area contributed by atoms with Crippen LogP contribution in [0.15, 0.2) is 76.6 Å². The maximum absolute atomic E-state index is 14.6. The van der Waals surface area contributed by atoms with E-state index in [4.69, 9.17) is 14.2 Å². The summed E-state index contributed by atoms with van der Waals surface area (Å²) in [5.74, 6) is 0.226. The van der Waals surface area contributed by atoms with Crippen molar-refractivity contribution in [1.29, 1.82) is 0 Å². The number of hydrogen-bond donors (Lipinski definition) is 3. The molecule has 8 rings (SSSR count). The highest BCUT2D eigenvalue weighted by molar-refractivity contribution is 5.97. The average molecular weight is 789 g/mol. The summed E-state index contributed by atoms with van der Waals surface area (Å²) in [6.45, 7) is 5.22. The Hall–Kier alpha value is -5.81. The highest BCUT2D eigenvalue weighted by Crippen LogP contribution is 2.46. The van der Waals surface area contributed by atoms with Gasteiger partial charge in [-0.05, 0) is 74.7 Å². The number of nitrogens with one attached hydrogen (secondary N) is 3. The first kappa shape index (κ1) is 38.1. The normalized spacial score (nSPS) is 19.9. The maximum Gasteiger partial charge on any atom is 0.417 e. The van der Waals surface area contributed by atoms with Crippen LogP contribution in [-0.4, -0.2) is 74.6 Å². The zero-order chi connectivity index (χ0) is 40.0. The number of aromatic nitrogens is 6. The summed E-state index contributed by atoms with van der Waals surface area (Å²) in [7, 11) is 1.78. The summed E-state index contributed by atoms with van der Waals surface area (Å²) in [6.07, 6.45) is -1.79. The first-order valence-electron chi connectivity index (χ1n) is 18.6. The van der Waals surface area contributed by atoms with E-state index in [0.717, 1.165) is 18.4 Å². The first-order chi connectivity index (χ1) is 27.4. The Morgan fingerprint density at radius 1 is 0.965 bits per heavy atom. The van der Waals surface area contributed by atoms with E-state index in [1.54, 1.807) is 17.8 Å². The minimum atomic E-state index is -4.67. The monoisotopic (exact) mass is 788 g/mol. The number of hydrogen-bond acceptors (Lipinski definition) is 10. The molecule has 0 saturated carbocycles. The molecule has 2 aliphatic rings. The van der Waals surface area contributed by atoms with Crippen molar-refractivity contribution in [2.24, 2.45) is 7.05 Å². The molecule has 1 saturated heterocycles. The molecule has 0 amide bonds. The number of nitrogens with zero attached hydrogens (tertiary/aromatic N) is 5. The summed E-state index contributed by atoms with van der Waals surface area (Å²) in [4.78, 5) is 33.6. The van der Waals surface area contributed by atoms with E-state index >= 15 is 0 Å². The summed E-state index contributed by atoms with van der Waals surface area (Å²) in [5.41, 5.74) is 0.396. The van der Waals surface area contributed by atoms with Gasteiger partial charge in [0.2, 0.25) is 5.56 Å². The molecule has 57 heavy (non-hydrogen) atoms. The minimum Gasteiger partial charge on any atom is -0.491 e. The molecule has 2 aliphatic heterocycles. The van der Waals surface area contributed by atoms with E-state index < -0.39 is 40.6 Å². The number of aryl methyl sites for hydroxylation is 1. The lowest BCUT2D eigenvalue weighted by Crippen LogP contribution is -2.42. The molecule has 3 aromatic heterocycles. The number of halogens is 4. The van der Waals surface area contributed by atoms with E-state index in [0.29, 0.717) is 59.9 Å². The molecule has 1 fully saturated rings. The molecule has 13 nitrogen and oxygen atoms in total. The fraction of sp³-hybridized carbons (Fsp3) is 0.375. The van der Waals surface area contributed by atoms with Crippen LogP contribution in [0.2, 0.25) is 0 Å². The molecular formula is C40H40F4N8O5. The van der Waals surface area contributed by atoms with Crippen molar-refractivity contribution in [1.82, 2.24) is 29.9 Å². The van der Waals surface area contributed by atoms with Gasteiger partial charge < -0.3 is 29.4 Å². The molecule has 0 radical (unpaired) electrons. The first-order valence-corrected chi connectivity index (χ1v) is 18.6. The number of pyridine rings is 1. The van der Waals surface area contributed by atoms with Crippen LogP contribution in [0.4, 0.5) is 28.9 Å². The van der Waals surface area contributed by atoms with Crippen molar-refractivity contribution >= 4 is 33.1 Å². The second-order valence-corrected chi connectivity index (χ2v) is 14.4. The predicted octanol–water partition coefficient (Wildman–Crippen LogP) is 6.21. The van der Waals surface area contributed by atoms with Gasteiger partial charge >= 0.3 is 6.18 Å². The Bertz CT molecular complexity index is 2540. The zero-order valence-corrected chi connectivity index (χ0v) is 31.3. The fourth-order valence-corrected chi connectivity index (χ4v) is 8.23. The Morgan fingerprint density at radius 3 is 2.51 bits per heavy atom. The van der Waals surface area contributed by atoms with Crippen molar-refractivity contribution < 1.29 is 31.8 Å². The van der Waals surface area contributed by atoms with Gasteiger partial charge in [-0.25, -0.2) is 14.5 Å². The summed E-state index contributed by atoms with van der Waals surface area (Å²) < 4.78 is 75.6. The summed E-state index contributed by atoms with van der Waals surface area (Å²) in [6, 6.07) is 15.0. The number of rotatable bonds is 12. The van der Waals surface area contributed by atoms with Crippen LogP contribution in [0, 0.1) is 5.82 Å². The third-order valence-electron chi connectivity index (χ3n) is 10.9. The third kappa shape index (κ3) is 7.44. The quantitative estimate of drug-likeness (QED) is 0.0965. The highest BCUT2D eigenvalue weighted by atomic mass is 19.4. The van der Waals surface area contributed by atoms with E-state index in [1.165, 1.54) is 30.6 Å². The second-order valence-electron chi connectivity index (χ2n) is 14.4. The Morgan fingerprint density at radius 2 is 1.75 bits per heavy atom. The largest absolute Gasteiger partial charge is 0.491 e. The molecule has 17 heteroatoms. The standard InChI is InChI=1S/C40H40F4N8O5/c1-21-4-11-32(52(21)25-7-10-30-27(18-25)29(40(42,43)44)19-33(53)47-30)22(2)56-14-12-55-13-15-57-26-8-5-23(6-9-26)36-35(38-45-20-46-51(38)3)37-34-28(39(54)50-49-37)16-24(41)17-31(34)48-36/h5-10,16-22,32,35-36,48H,4,11-15H2,1-3H3,(H,47,53)(H,50,54)/t21-,22?,32?,35+,36+/m0/s1. The summed E-state index contributed by atoms with van der Waals surface area (Å²) >= 11 is 0. The molecule has 298 valence electrons. The number of aromatic amines is 2. The number of alkyl halides is 3.